The van der Waals surface area contributed by atoms with Crippen LogP contribution in [0.15, 0.2) is 11.6 Å². The summed E-state index contributed by atoms with van der Waals surface area (Å²) in [4.78, 5) is 40.2. The Hall–Kier alpha value is -2.25. The number of ether oxygens (including phenoxy) is 7. The van der Waals surface area contributed by atoms with Crippen molar-refractivity contribution in [3.05, 3.63) is 11.6 Å². The third-order valence-electron chi connectivity index (χ3n) is 18.9. The second kappa shape index (κ2) is 19.2. The standard InChI is InChI=1S/C49H76O20/c1-8-63-41(62)38-36(59)37(67-42-34(57)31(54)25(53)19-64-42)39(69-43-35(58)33(56)32(55)26(18-50)65-43)44(68-38)66-29-12-13-46(4)27(47(29,5)20-51)11-14-48(6)28(46)10-9-23-21-15-45(2,3)16-22(40(60)61)30(21)24(52)17-49(23,48)7/h9,20-22,24-39,42-44,50,52-59H,8,10-19H2,1-7H3,(H,60,61)/t21-,22+,24+,25+,26+,27+,28+,29-,30+,31-,32-,33-,34+,35+,36-,37-,38-,39+,42-,43-,44+,46-,47-,48+,49+/m0/s1. The van der Waals surface area contributed by atoms with Crippen molar-refractivity contribution in [3.8, 4) is 0 Å². The fourth-order valence-corrected chi connectivity index (χ4v) is 15.2. The molecule has 8 aliphatic rings. The molecule has 3 heterocycles. The molecule has 20 heteroatoms. The molecule has 0 spiro atoms. The maximum absolute atomic E-state index is 13.9. The Morgan fingerprint density at radius 1 is 0.754 bits per heavy atom. The van der Waals surface area contributed by atoms with Gasteiger partial charge >= 0.3 is 11.9 Å². The van der Waals surface area contributed by atoms with E-state index in [4.69, 9.17) is 33.2 Å². The van der Waals surface area contributed by atoms with E-state index in [1.807, 2.05) is 6.92 Å². The van der Waals surface area contributed by atoms with Crippen LogP contribution in [0.2, 0.25) is 0 Å². The molecule has 0 bridgehead atoms. The topological polar surface area (TPSA) is 318 Å². The highest BCUT2D eigenvalue weighted by atomic mass is 16.8. The predicted octanol–water partition coefficient (Wildman–Crippen LogP) is -0.0782. The van der Waals surface area contributed by atoms with Gasteiger partial charge < -0.3 is 89.0 Å². The molecule has 10 N–H and O–H groups in total. The van der Waals surface area contributed by atoms with Gasteiger partial charge in [-0.2, -0.15) is 0 Å². The molecular weight excluding hydrogens is 909 g/mol. The molecule has 3 saturated heterocycles. The first-order valence-corrected chi connectivity index (χ1v) is 24.8. The van der Waals surface area contributed by atoms with Crippen molar-refractivity contribution >= 4 is 18.2 Å². The second-order valence-corrected chi connectivity index (χ2v) is 23.2. The minimum atomic E-state index is -2.00. The number of aliphatic carboxylic acids is 1. The molecule has 20 nitrogen and oxygen atoms in total. The summed E-state index contributed by atoms with van der Waals surface area (Å²) >= 11 is 0. The van der Waals surface area contributed by atoms with Crippen LogP contribution < -0.4 is 0 Å². The van der Waals surface area contributed by atoms with Crippen LogP contribution in [-0.2, 0) is 47.5 Å². The first kappa shape index (κ1) is 53.1. The van der Waals surface area contributed by atoms with Crippen LogP contribution >= 0.6 is 0 Å². The number of carbonyl (C=O) groups excluding carboxylic acids is 2. The van der Waals surface area contributed by atoms with Gasteiger partial charge in [-0.25, -0.2) is 4.79 Å². The largest absolute Gasteiger partial charge is 0.481 e. The molecule has 0 radical (unpaired) electrons. The minimum Gasteiger partial charge on any atom is -0.481 e. The quantitative estimate of drug-likeness (QED) is 0.0560. The normalized spacial score (nSPS) is 52.8. The zero-order valence-corrected chi connectivity index (χ0v) is 40.6. The molecule has 0 amide bonds. The lowest BCUT2D eigenvalue weighted by molar-refractivity contribution is -0.391. The number of aliphatic hydroxyl groups excluding tert-OH is 9. The van der Waals surface area contributed by atoms with Crippen molar-refractivity contribution in [2.75, 3.05) is 19.8 Å². The highest BCUT2D eigenvalue weighted by molar-refractivity contribution is 5.76. The molecule has 8 rings (SSSR count). The minimum absolute atomic E-state index is 0.0263. The Kier molecular flexibility index (Phi) is 14.8. The average Bonchev–Trinajstić information content (AvgIpc) is 3.28. The summed E-state index contributed by atoms with van der Waals surface area (Å²) < 4.78 is 41.9. The smallest absolute Gasteiger partial charge is 0.338 e. The van der Waals surface area contributed by atoms with Gasteiger partial charge in [0.2, 0.25) is 0 Å². The van der Waals surface area contributed by atoms with Crippen molar-refractivity contribution in [2.45, 2.75) is 198 Å². The van der Waals surface area contributed by atoms with Gasteiger partial charge in [-0.05, 0) is 97.7 Å². The molecular formula is C49H76O20. The van der Waals surface area contributed by atoms with Crippen LogP contribution in [0.3, 0.4) is 0 Å². The molecule has 392 valence electrons. The molecule has 25 atom stereocenters. The van der Waals surface area contributed by atoms with E-state index >= 15 is 0 Å². The average molecular weight is 985 g/mol. The van der Waals surface area contributed by atoms with Crippen LogP contribution in [-0.4, -0.2) is 187 Å². The SMILES string of the molecule is CCOC(=O)[C@H]1O[C@@H](O[C@H]2CC[C@]3(C)[C@H]4CC=C5[C@@H]6CC(C)(C)C[C@@H](C(=O)O)[C@@H]6[C@H](O)C[C@@]5(C)[C@]4(C)CC[C@H]3[C@]2(C)C=O)[C@H](O[C@@H]2O[C@H](CO)[C@H](O)[C@H](O)[C@H]2O)[C@@H](O[C@@H]2OC[C@@H](O)[C@H](O)[C@H]2O)[C@@H]1O. The number of aliphatic hydroxyl groups is 9. The summed E-state index contributed by atoms with van der Waals surface area (Å²) in [6, 6.07) is 0. The monoisotopic (exact) mass is 984 g/mol. The number of rotatable bonds is 11. The van der Waals surface area contributed by atoms with Gasteiger partial charge in [0.25, 0.3) is 0 Å². The summed E-state index contributed by atoms with van der Waals surface area (Å²) in [6.45, 7) is 12.9. The number of esters is 1. The number of carboxylic acids is 1. The Bertz CT molecular complexity index is 1930. The summed E-state index contributed by atoms with van der Waals surface area (Å²) in [6.07, 6.45) is -19.3. The fourth-order valence-electron chi connectivity index (χ4n) is 15.2. The van der Waals surface area contributed by atoms with Gasteiger partial charge in [-0.3, -0.25) is 4.79 Å². The molecule has 69 heavy (non-hydrogen) atoms. The maximum atomic E-state index is 13.9. The Labute approximate surface area is 402 Å². The Morgan fingerprint density at radius 2 is 1.43 bits per heavy atom. The van der Waals surface area contributed by atoms with Gasteiger partial charge in [0.1, 0.15) is 67.3 Å². The zero-order valence-electron chi connectivity index (χ0n) is 40.6. The Morgan fingerprint density at radius 3 is 2.09 bits per heavy atom. The summed E-state index contributed by atoms with van der Waals surface area (Å²) in [5.74, 6) is -3.35. The van der Waals surface area contributed by atoms with E-state index in [9.17, 15) is 65.4 Å². The number of hydrogen-bond donors (Lipinski definition) is 10. The van der Waals surface area contributed by atoms with Crippen LogP contribution in [0.25, 0.3) is 0 Å². The highest BCUT2D eigenvalue weighted by Gasteiger charge is 2.70. The third kappa shape index (κ3) is 8.65. The third-order valence-corrected chi connectivity index (χ3v) is 18.9. The first-order valence-electron chi connectivity index (χ1n) is 24.8. The summed E-state index contributed by atoms with van der Waals surface area (Å²) in [5, 5.41) is 108. The molecule has 7 fully saturated rings. The fraction of sp³-hybridized carbons (Fsp3) is 0.898. The van der Waals surface area contributed by atoms with Gasteiger partial charge in [-0.1, -0.05) is 53.2 Å². The predicted molar refractivity (Wildman–Crippen MR) is 236 cm³/mol. The van der Waals surface area contributed by atoms with Gasteiger partial charge in [0.05, 0.1) is 43.4 Å². The van der Waals surface area contributed by atoms with E-state index in [2.05, 4.69) is 40.7 Å². The molecule has 5 aliphatic carbocycles. The van der Waals surface area contributed by atoms with E-state index < -0.39 is 151 Å². The molecule has 4 saturated carbocycles. The lowest BCUT2D eigenvalue weighted by atomic mass is 9.34. The van der Waals surface area contributed by atoms with Crippen LogP contribution in [0.5, 0.6) is 0 Å². The number of hydrogen-bond acceptors (Lipinski definition) is 19. The summed E-state index contributed by atoms with van der Waals surface area (Å²) in [5.41, 5.74) is -1.55. The van der Waals surface area contributed by atoms with Gasteiger partial charge in [0.15, 0.2) is 25.0 Å². The van der Waals surface area contributed by atoms with Crippen molar-refractivity contribution in [1.29, 1.82) is 0 Å². The molecule has 0 aromatic carbocycles. The van der Waals surface area contributed by atoms with E-state index in [0.717, 1.165) is 12.7 Å². The van der Waals surface area contributed by atoms with Crippen LogP contribution in [0.1, 0.15) is 99.8 Å². The number of aldehydes is 1. The van der Waals surface area contributed by atoms with Crippen molar-refractivity contribution in [3.63, 3.8) is 0 Å². The molecule has 0 aromatic heterocycles. The van der Waals surface area contributed by atoms with Crippen molar-refractivity contribution in [2.24, 2.45) is 56.7 Å². The summed E-state index contributed by atoms with van der Waals surface area (Å²) in [7, 11) is 0. The van der Waals surface area contributed by atoms with Crippen LogP contribution in [0, 0.1) is 56.7 Å². The number of fused-ring (bicyclic) bond motifs is 7. The van der Waals surface area contributed by atoms with E-state index in [1.54, 1.807) is 0 Å². The number of allylic oxidation sites excluding steroid dienone is 2. The van der Waals surface area contributed by atoms with E-state index in [1.165, 1.54) is 12.5 Å². The first-order chi connectivity index (χ1) is 32.3. The lowest BCUT2D eigenvalue weighted by Crippen LogP contribution is -2.69. The Balaban J connectivity index is 1.13. The highest BCUT2D eigenvalue weighted by Crippen LogP contribution is 2.75. The maximum Gasteiger partial charge on any atom is 0.338 e. The van der Waals surface area contributed by atoms with E-state index in [0.29, 0.717) is 38.5 Å². The van der Waals surface area contributed by atoms with E-state index in [-0.39, 0.29) is 41.6 Å². The van der Waals surface area contributed by atoms with Gasteiger partial charge in [-0.15, -0.1) is 0 Å². The lowest BCUT2D eigenvalue weighted by Gasteiger charge is -2.71. The molecule has 0 unspecified atom stereocenters. The number of carboxylic acid groups (broad SMARTS) is 1. The molecule has 3 aliphatic heterocycles. The molecule has 0 aromatic rings. The van der Waals surface area contributed by atoms with Crippen molar-refractivity contribution < 1.29 is 98.6 Å². The number of carbonyl (C=O) groups is 3. The second-order valence-electron chi connectivity index (χ2n) is 23.2. The van der Waals surface area contributed by atoms with Crippen molar-refractivity contribution in [1.82, 2.24) is 0 Å². The van der Waals surface area contributed by atoms with Crippen LogP contribution in [0.4, 0.5) is 0 Å². The zero-order chi connectivity index (χ0) is 50.5. The van der Waals surface area contributed by atoms with Gasteiger partial charge in [0, 0.05) is 5.92 Å².